The number of ether oxygens (including phenoxy) is 2. The minimum Gasteiger partial charge on any atom is -0.461 e. The number of nitrogens with one attached hydrogen (secondary N) is 1. The van der Waals surface area contributed by atoms with E-state index < -0.39 is 11.0 Å². The van der Waals surface area contributed by atoms with Crippen molar-refractivity contribution in [1.29, 1.82) is 0 Å². The van der Waals surface area contributed by atoms with Crippen molar-refractivity contribution in [2.24, 2.45) is 51.2 Å². The number of rotatable bonds is 5. The predicted octanol–water partition coefficient (Wildman–Crippen LogP) is 6.04. The zero-order valence-corrected chi connectivity index (χ0v) is 24.0. The first-order valence-electron chi connectivity index (χ1n) is 15.6. The predicted molar refractivity (Wildman–Crippen MR) is 141 cm³/mol. The van der Waals surface area contributed by atoms with Crippen LogP contribution in [-0.4, -0.2) is 35.7 Å². The molecule has 0 aromatic carbocycles. The van der Waals surface area contributed by atoms with Gasteiger partial charge >= 0.3 is 11.9 Å². The van der Waals surface area contributed by atoms with E-state index >= 15 is 0 Å². The average Bonchev–Trinajstić information content (AvgIpc) is 3.44. The molecular weight excluding hydrogens is 462 g/mol. The maximum Gasteiger partial charge on any atom is 0.316 e. The highest BCUT2D eigenvalue weighted by Gasteiger charge is 2.80. The van der Waals surface area contributed by atoms with Gasteiger partial charge in [-0.15, -0.1) is 0 Å². The second kappa shape index (κ2) is 7.55. The molecule has 5 saturated carbocycles. The van der Waals surface area contributed by atoms with Gasteiger partial charge < -0.3 is 14.8 Å². The van der Waals surface area contributed by atoms with Crippen LogP contribution in [0.1, 0.15) is 112 Å². The van der Waals surface area contributed by atoms with Crippen molar-refractivity contribution < 1.29 is 19.1 Å². The van der Waals surface area contributed by atoms with E-state index in [1.807, 2.05) is 6.92 Å². The molecule has 37 heavy (non-hydrogen) atoms. The molecule has 5 aliphatic carbocycles. The molecule has 8 bridgehead atoms. The monoisotopic (exact) mass is 511 g/mol. The van der Waals surface area contributed by atoms with E-state index in [0.29, 0.717) is 29.2 Å². The second-order valence-electron chi connectivity index (χ2n) is 15.6. The summed E-state index contributed by atoms with van der Waals surface area (Å²) >= 11 is 0. The van der Waals surface area contributed by atoms with Crippen molar-refractivity contribution in [1.82, 2.24) is 5.32 Å². The lowest BCUT2D eigenvalue weighted by Gasteiger charge is -2.76. The van der Waals surface area contributed by atoms with Gasteiger partial charge in [0.2, 0.25) is 0 Å². The van der Waals surface area contributed by atoms with Crippen molar-refractivity contribution in [2.75, 3.05) is 0 Å². The highest BCUT2D eigenvalue weighted by atomic mass is 16.6. The summed E-state index contributed by atoms with van der Waals surface area (Å²) in [7, 11) is 0. The molecule has 0 unspecified atom stereocenters. The van der Waals surface area contributed by atoms with Gasteiger partial charge in [0.15, 0.2) is 0 Å². The van der Waals surface area contributed by atoms with E-state index in [1.54, 1.807) is 0 Å². The number of hydrogen-bond acceptors (Lipinski definition) is 5. The first-order valence-corrected chi connectivity index (χ1v) is 15.6. The summed E-state index contributed by atoms with van der Waals surface area (Å²) in [5.74, 6) is 2.69. The molecule has 8 aliphatic rings. The molecule has 3 heterocycles. The minimum absolute atomic E-state index is 0.0939. The van der Waals surface area contributed by atoms with Crippen LogP contribution in [0.4, 0.5) is 0 Å². The largest absolute Gasteiger partial charge is 0.461 e. The molecule has 0 amide bonds. The Morgan fingerprint density at radius 1 is 1.05 bits per heavy atom. The van der Waals surface area contributed by atoms with E-state index in [4.69, 9.17) is 9.47 Å². The maximum absolute atomic E-state index is 13.5. The third-order valence-corrected chi connectivity index (χ3v) is 14.4. The second-order valence-corrected chi connectivity index (χ2v) is 15.6. The normalized spacial score (nSPS) is 56.9. The van der Waals surface area contributed by atoms with Gasteiger partial charge in [0, 0.05) is 24.9 Å². The summed E-state index contributed by atoms with van der Waals surface area (Å²) < 4.78 is 12.0. The molecule has 3 aliphatic heterocycles. The van der Waals surface area contributed by atoms with E-state index in [0.717, 1.165) is 36.6 Å². The van der Waals surface area contributed by atoms with E-state index in [1.165, 1.54) is 58.3 Å². The molecular formula is C32H49NO4. The summed E-state index contributed by atoms with van der Waals surface area (Å²) in [4.78, 5) is 25.5. The lowest BCUT2D eigenvalue weighted by Crippen LogP contribution is -2.80. The fourth-order valence-electron chi connectivity index (χ4n) is 13.0. The van der Waals surface area contributed by atoms with Crippen LogP contribution in [0.25, 0.3) is 0 Å². The van der Waals surface area contributed by atoms with Crippen molar-refractivity contribution >= 4 is 11.9 Å². The summed E-state index contributed by atoms with van der Waals surface area (Å²) in [5, 5.41) is 4.43. The molecule has 1 spiro atoms. The molecule has 8 rings (SSSR count). The van der Waals surface area contributed by atoms with Gasteiger partial charge in [-0.3, -0.25) is 9.59 Å². The Morgan fingerprint density at radius 2 is 1.84 bits per heavy atom. The van der Waals surface area contributed by atoms with E-state index in [-0.39, 0.29) is 29.4 Å². The highest BCUT2D eigenvalue weighted by Crippen LogP contribution is 2.81. The van der Waals surface area contributed by atoms with Gasteiger partial charge in [-0.05, 0) is 118 Å². The number of piperidine rings is 2. The molecule has 0 aromatic heterocycles. The molecule has 0 radical (unpaired) electrons. The summed E-state index contributed by atoms with van der Waals surface area (Å²) in [6.07, 6.45) is 13.1. The van der Waals surface area contributed by atoms with E-state index in [9.17, 15) is 9.59 Å². The SMILES string of the molecule is CC(=O)O[C@H]1CC[C@]2(C)OC(=O)[C@@]1(C)[C@H]2CC[C@]12[C@@H]3CCC[C@@]34CC[C@@H]3[C@H]4N[C@H]1[C@@H](C(C)C)CC[C@@]32C. The number of carbonyl (C=O) groups is 2. The fourth-order valence-corrected chi connectivity index (χ4v) is 13.0. The molecule has 206 valence electrons. The Kier molecular flexibility index (Phi) is 5.08. The molecule has 5 heteroatoms. The Labute approximate surface area is 223 Å². The van der Waals surface area contributed by atoms with Crippen molar-refractivity contribution in [3.05, 3.63) is 0 Å². The molecule has 0 aromatic rings. The maximum atomic E-state index is 13.5. The van der Waals surface area contributed by atoms with Gasteiger partial charge in [0.05, 0.1) is 0 Å². The van der Waals surface area contributed by atoms with Gasteiger partial charge in [0.1, 0.15) is 17.1 Å². The molecule has 1 N–H and O–H groups in total. The molecule has 12 atom stereocenters. The number of carbonyl (C=O) groups excluding carboxylic acids is 2. The Balaban J connectivity index is 1.30. The first kappa shape index (κ1) is 24.9. The highest BCUT2D eigenvalue weighted by molar-refractivity contribution is 5.82. The standard InChI is InChI=1S/C32H49NO4/c1-18(2)20-9-14-28(4)21-10-16-31-13-7-8-23(31)32(28,25(20)33-26(21)31)17-11-22-29(5)15-12-24(36-19(3)34)30(22,6)27(35)37-29/h18,20-26,33H,7-17H2,1-6H3/t20-,21-,22+,23-,24+,25+,26-,28+,29+,30+,31-,32+/m1/s1. The summed E-state index contributed by atoms with van der Waals surface area (Å²) in [5.41, 5.74) is -0.0159. The summed E-state index contributed by atoms with van der Waals surface area (Å²) in [6.45, 7) is 13.3. The van der Waals surface area contributed by atoms with Crippen LogP contribution in [0.15, 0.2) is 0 Å². The topological polar surface area (TPSA) is 64.6 Å². The number of fused-ring (bicyclic) bond motifs is 2. The zero-order chi connectivity index (χ0) is 26.2. The van der Waals surface area contributed by atoms with Gasteiger partial charge in [-0.25, -0.2) is 0 Å². The third kappa shape index (κ3) is 2.72. The van der Waals surface area contributed by atoms with Crippen LogP contribution in [0, 0.1) is 51.2 Å². The van der Waals surface area contributed by atoms with Crippen LogP contribution in [0.5, 0.6) is 0 Å². The average molecular weight is 512 g/mol. The lowest BCUT2D eigenvalue weighted by molar-refractivity contribution is -0.249. The van der Waals surface area contributed by atoms with E-state index in [2.05, 4.69) is 33.0 Å². The smallest absolute Gasteiger partial charge is 0.316 e. The summed E-state index contributed by atoms with van der Waals surface area (Å²) in [6, 6.07) is 1.31. The van der Waals surface area contributed by atoms with Crippen molar-refractivity contribution in [3.8, 4) is 0 Å². The van der Waals surface area contributed by atoms with Crippen molar-refractivity contribution in [2.45, 2.75) is 136 Å². The van der Waals surface area contributed by atoms with Gasteiger partial charge in [-0.1, -0.05) is 27.2 Å². The molecule has 8 fully saturated rings. The Hall–Kier alpha value is -1.10. The molecule has 5 nitrogen and oxygen atoms in total. The fraction of sp³-hybridized carbons (Fsp3) is 0.938. The number of esters is 2. The Morgan fingerprint density at radius 3 is 2.57 bits per heavy atom. The van der Waals surface area contributed by atoms with Crippen molar-refractivity contribution in [3.63, 3.8) is 0 Å². The third-order valence-electron chi connectivity index (χ3n) is 14.4. The Bertz CT molecular complexity index is 1030. The first-order chi connectivity index (χ1) is 17.4. The van der Waals surface area contributed by atoms with Gasteiger partial charge in [-0.2, -0.15) is 0 Å². The molecule has 3 saturated heterocycles. The van der Waals surface area contributed by atoms with Crippen LogP contribution < -0.4 is 5.32 Å². The van der Waals surface area contributed by atoms with Crippen LogP contribution in [0.2, 0.25) is 0 Å². The zero-order valence-electron chi connectivity index (χ0n) is 24.0. The van der Waals surface area contributed by atoms with Crippen LogP contribution >= 0.6 is 0 Å². The minimum atomic E-state index is -0.742. The van der Waals surface area contributed by atoms with Gasteiger partial charge in [0.25, 0.3) is 0 Å². The lowest BCUT2D eigenvalue weighted by atomic mass is 9.33. The number of hydrogen-bond donors (Lipinski definition) is 1. The van der Waals surface area contributed by atoms with Crippen LogP contribution in [0.3, 0.4) is 0 Å². The van der Waals surface area contributed by atoms with Crippen LogP contribution in [-0.2, 0) is 19.1 Å². The quantitative estimate of drug-likeness (QED) is 0.456.